The van der Waals surface area contributed by atoms with Crippen LogP contribution in [0.2, 0.25) is 0 Å². The first-order chi connectivity index (χ1) is 9.25. The molecule has 0 aliphatic rings. The molecule has 94 valence electrons. The number of nitrogens with zero attached hydrogens (tertiary/aromatic N) is 2. The summed E-state index contributed by atoms with van der Waals surface area (Å²) < 4.78 is 6.98. The molecule has 1 heterocycles. The smallest absolute Gasteiger partial charge is 0.364 e. The summed E-state index contributed by atoms with van der Waals surface area (Å²) in [5.41, 5.74) is 1.24. The van der Waals surface area contributed by atoms with Gasteiger partial charge in [-0.15, -0.1) is 0 Å². The molecule has 0 spiro atoms. The van der Waals surface area contributed by atoms with Crippen LogP contribution in [0.1, 0.15) is 10.5 Å². The average Bonchev–Trinajstić information content (AvgIpc) is 2.78. The average molecular weight is 252 g/mol. The Morgan fingerprint density at radius 3 is 2.53 bits per heavy atom. The molecule has 0 fully saturated rings. The second-order valence-electron chi connectivity index (χ2n) is 4.19. The molecule has 3 aromatic rings. The number of aryl methyl sites for hydroxylation is 1. The van der Waals surface area contributed by atoms with Crippen molar-refractivity contribution < 1.29 is 9.53 Å². The van der Waals surface area contributed by atoms with Gasteiger partial charge in [-0.05, 0) is 18.2 Å². The van der Waals surface area contributed by atoms with E-state index in [0.717, 1.165) is 10.9 Å². The predicted molar refractivity (Wildman–Crippen MR) is 72.1 cm³/mol. The lowest BCUT2D eigenvalue weighted by Gasteiger charge is -2.01. The third-order valence-electron chi connectivity index (χ3n) is 2.90. The SMILES string of the molecule is Cn1nc(C(=O)Oc2ccccc2)c2ccccc21. The maximum atomic E-state index is 12.1. The summed E-state index contributed by atoms with van der Waals surface area (Å²) in [6.45, 7) is 0. The van der Waals surface area contributed by atoms with Crippen LogP contribution in [-0.4, -0.2) is 15.7 Å². The number of benzene rings is 2. The Morgan fingerprint density at radius 2 is 1.74 bits per heavy atom. The van der Waals surface area contributed by atoms with Crippen molar-refractivity contribution in [1.82, 2.24) is 9.78 Å². The van der Waals surface area contributed by atoms with Crippen molar-refractivity contribution in [2.75, 3.05) is 0 Å². The van der Waals surface area contributed by atoms with Crippen molar-refractivity contribution in [2.45, 2.75) is 0 Å². The fraction of sp³-hybridized carbons (Fsp3) is 0.0667. The minimum absolute atomic E-state index is 0.335. The van der Waals surface area contributed by atoms with Crippen molar-refractivity contribution in [3.63, 3.8) is 0 Å². The van der Waals surface area contributed by atoms with Gasteiger partial charge in [0, 0.05) is 12.4 Å². The summed E-state index contributed by atoms with van der Waals surface area (Å²) in [5, 5.41) is 5.03. The molecule has 4 heteroatoms. The number of rotatable bonds is 2. The summed E-state index contributed by atoms with van der Waals surface area (Å²) in [7, 11) is 1.81. The molecular formula is C15H12N2O2. The minimum atomic E-state index is -0.442. The first kappa shape index (κ1) is 11.5. The number of hydrogen-bond acceptors (Lipinski definition) is 3. The molecule has 0 radical (unpaired) electrons. The van der Waals surface area contributed by atoms with E-state index >= 15 is 0 Å². The van der Waals surface area contributed by atoms with Crippen molar-refractivity contribution in [3.8, 4) is 5.75 Å². The van der Waals surface area contributed by atoms with Crippen LogP contribution in [0.5, 0.6) is 5.75 Å². The van der Waals surface area contributed by atoms with Crippen molar-refractivity contribution >= 4 is 16.9 Å². The number of para-hydroxylation sites is 2. The summed E-state index contributed by atoms with van der Waals surface area (Å²) in [4.78, 5) is 12.1. The van der Waals surface area contributed by atoms with Crippen LogP contribution in [0.25, 0.3) is 10.9 Å². The van der Waals surface area contributed by atoms with Crippen LogP contribution < -0.4 is 4.74 Å². The number of carbonyl (C=O) groups is 1. The van der Waals surface area contributed by atoms with Gasteiger partial charge in [-0.2, -0.15) is 5.10 Å². The molecule has 1 aromatic heterocycles. The van der Waals surface area contributed by atoms with Gasteiger partial charge in [0.05, 0.1) is 5.52 Å². The standard InChI is InChI=1S/C15H12N2O2/c1-17-13-10-6-5-9-12(13)14(16-17)15(18)19-11-7-3-2-4-8-11/h2-10H,1H3. The van der Waals surface area contributed by atoms with Gasteiger partial charge in [-0.25, -0.2) is 4.79 Å². The number of carbonyl (C=O) groups excluding carboxylic acids is 1. The molecule has 0 unspecified atom stereocenters. The number of esters is 1. The molecule has 0 aliphatic carbocycles. The summed E-state index contributed by atoms with van der Waals surface area (Å²) in [5.74, 6) is 0.0743. The van der Waals surface area contributed by atoms with E-state index in [9.17, 15) is 4.79 Å². The van der Waals surface area contributed by atoms with Crippen LogP contribution in [0, 0.1) is 0 Å². The third kappa shape index (κ3) is 2.08. The highest BCUT2D eigenvalue weighted by Gasteiger charge is 2.17. The highest BCUT2D eigenvalue weighted by Crippen LogP contribution is 2.19. The fourth-order valence-corrected chi connectivity index (χ4v) is 2.01. The number of hydrogen-bond donors (Lipinski definition) is 0. The number of aromatic nitrogens is 2. The molecule has 2 aromatic carbocycles. The van der Waals surface area contributed by atoms with Crippen LogP contribution in [0.15, 0.2) is 54.6 Å². The molecule has 19 heavy (non-hydrogen) atoms. The molecular weight excluding hydrogens is 240 g/mol. The molecule has 3 rings (SSSR count). The number of ether oxygens (including phenoxy) is 1. The largest absolute Gasteiger partial charge is 0.422 e. The molecule has 0 atom stereocenters. The van der Waals surface area contributed by atoms with Crippen molar-refractivity contribution in [3.05, 3.63) is 60.3 Å². The van der Waals surface area contributed by atoms with Gasteiger partial charge < -0.3 is 4.74 Å². The Morgan fingerprint density at radius 1 is 1.05 bits per heavy atom. The second-order valence-corrected chi connectivity index (χ2v) is 4.19. The molecule has 0 aliphatic heterocycles. The maximum Gasteiger partial charge on any atom is 0.364 e. The van der Waals surface area contributed by atoms with Gasteiger partial charge in [-0.1, -0.05) is 36.4 Å². The van der Waals surface area contributed by atoms with Crippen molar-refractivity contribution in [2.24, 2.45) is 7.05 Å². The lowest BCUT2D eigenvalue weighted by molar-refractivity contribution is 0.0729. The fourth-order valence-electron chi connectivity index (χ4n) is 2.01. The third-order valence-corrected chi connectivity index (χ3v) is 2.90. The Hall–Kier alpha value is -2.62. The lowest BCUT2D eigenvalue weighted by atomic mass is 10.2. The highest BCUT2D eigenvalue weighted by atomic mass is 16.5. The minimum Gasteiger partial charge on any atom is -0.422 e. The quantitative estimate of drug-likeness (QED) is 0.520. The summed E-state index contributed by atoms with van der Waals surface area (Å²) >= 11 is 0. The topological polar surface area (TPSA) is 44.1 Å². The van der Waals surface area contributed by atoms with Gasteiger partial charge >= 0.3 is 5.97 Å². The Bertz CT molecular complexity index is 732. The normalized spacial score (nSPS) is 10.6. The predicted octanol–water partition coefficient (Wildman–Crippen LogP) is 2.79. The lowest BCUT2D eigenvalue weighted by Crippen LogP contribution is -2.10. The van der Waals surface area contributed by atoms with E-state index in [-0.39, 0.29) is 0 Å². The van der Waals surface area contributed by atoms with Crippen molar-refractivity contribution in [1.29, 1.82) is 0 Å². The van der Waals surface area contributed by atoms with E-state index in [1.807, 2.05) is 49.5 Å². The molecule has 0 bridgehead atoms. The van der Waals surface area contributed by atoms with Gasteiger partial charge in [0.25, 0.3) is 0 Å². The van der Waals surface area contributed by atoms with Gasteiger partial charge in [0.15, 0.2) is 5.69 Å². The van der Waals surface area contributed by atoms with Gasteiger partial charge in [0.1, 0.15) is 5.75 Å². The zero-order chi connectivity index (χ0) is 13.2. The van der Waals surface area contributed by atoms with E-state index < -0.39 is 5.97 Å². The zero-order valence-electron chi connectivity index (χ0n) is 10.4. The first-order valence-electron chi connectivity index (χ1n) is 5.94. The molecule has 0 saturated heterocycles. The van der Waals surface area contributed by atoms with E-state index in [0.29, 0.717) is 11.4 Å². The molecule has 4 nitrogen and oxygen atoms in total. The molecule has 0 amide bonds. The highest BCUT2D eigenvalue weighted by molar-refractivity contribution is 6.02. The molecule has 0 N–H and O–H groups in total. The molecule has 0 saturated carbocycles. The Labute approximate surface area is 110 Å². The summed E-state index contributed by atoms with van der Waals surface area (Å²) in [6, 6.07) is 16.6. The maximum absolute atomic E-state index is 12.1. The number of fused-ring (bicyclic) bond motifs is 1. The van der Waals surface area contributed by atoms with Crippen LogP contribution in [-0.2, 0) is 7.05 Å². The first-order valence-corrected chi connectivity index (χ1v) is 5.94. The Balaban J connectivity index is 1.98. The second kappa shape index (κ2) is 4.57. The van der Waals surface area contributed by atoms with Crippen LogP contribution >= 0.6 is 0 Å². The van der Waals surface area contributed by atoms with E-state index in [1.54, 1.807) is 16.8 Å². The van der Waals surface area contributed by atoms with Gasteiger partial charge in [-0.3, -0.25) is 4.68 Å². The summed E-state index contributed by atoms with van der Waals surface area (Å²) in [6.07, 6.45) is 0. The van der Waals surface area contributed by atoms with E-state index in [4.69, 9.17) is 4.74 Å². The van der Waals surface area contributed by atoms with Crippen LogP contribution in [0.4, 0.5) is 0 Å². The monoisotopic (exact) mass is 252 g/mol. The zero-order valence-corrected chi connectivity index (χ0v) is 10.4. The van der Waals surface area contributed by atoms with E-state index in [1.165, 1.54) is 0 Å². The van der Waals surface area contributed by atoms with Gasteiger partial charge in [0.2, 0.25) is 0 Å². The van der Waals surface area contributed by atoms with Crippen LogP contribution in [0.3, 0.4) is 0 Å². The Kier molecular flexibility index (Phi) is 2.76. The van der Waals surface area contributed by atoms with E-state index in [2.05, 4.69) is 5.10 Å².